The summed E-state index contributed by atoms with van der Waals surface area (Å²) >= 11 is 0. The molecule has 15 nitrogen and oxygen atoms in total. The van der Waals surface area contributed by atoms with Crippen molar-refractivity contribution in [2.24, 2.45) is 0 Å². The molecule has 1 fully saturated rings. The van der Waals surface area contributed by atoms with Gasteiger partial charge in [0.1, 0.15) is 24.0 Å². The second-order valence-electron chi connectivity index (χ2n) is 8.92. The Morgan fingerprint density at radius 2 is 1.40 bits per heavy atom. The van der Waals surface area contributed by atoms with Gasteiger partial charge < -0.3 is 42.3 Å². The van der Waals surface area contributed by atoms with E-state index in [9.17, 15) is 28.8 Å². The fourth-order valence-electron chi connectivity index (χ4n) is 4.15. The van der Waals surface area contributed by atoms with Gasteiger partial charge in [-0.15, -0.1) is 0 Å². The topological polar surface area (TPSA) is 189 Å². The molecule has 1 aliphatic rings. The molecule has 0 spiro atoms. The number of hydrogen-bond acceptors (Lipinski definition) is 15. The molecule has 0 radical (unpaired) electrons. The van der Waals surface area contributed by atoms with Gasteiger partial charge in [0, 0.05) is 40.7 Å². The molecule has 228 valence electrons. The first-order valence-corrected chi connectivity index (χ1v) is 12.7. The molecule has 1 saturated heterocycles. The molecule has 1 aromatic heterocycles. The summed E-state index contributed by atoms with van der Waals surface area (Å²) in [7, 11) is 0. The van der Waals surface area contributed by atoms with Crippen molar-refractivity contribution in [1.82, 2.24) is 0 Å². The zero-order chi connectivity index (χ0) is 31.1. The van der Waals surface area contributed by atoms with Gasteiger partial charge in [-0.25, -0.2) is 4.79 Å². The average molecular weight is 595 g/mol. The zero-order valence-corrected chi connectivity index (χ0v) is 23.7. The molecule has 0 amide bonds. The van der Waals surface area contributed by atoms with Crippen LogP contribution in [0.2, 0.25) is 0 Å². The van der Waals surface area contributed by atoms with Gasteiger partial charge in [-0.1, -0.05) is 0 Å². The maximum atomic E-state index is 12.6. The van der Waals surface area contributed by atoms with E-state index in [1.54, 1.807) is 6.92 Å². The Kier molecular flexibility index (Phi) is 10.5. The van der Waals surface area contributed by atoms with E-state index in [2.05, 4.69) is 0 Å². The van der Waals surface area contributed by atoms with Crippen LogP contribution in [0.4, 0.5) is 0 Å². The van der Waals surface area contributed by atoms with Crippen molar-refractivity contribution in [3.63, 3.8) is 0 Å². The number of rotatable bonds is 10. The van der Waals surface area contributed by atoms with Crippen LogP contribution in [0.25, 0.3) is 11.0 Å². The van der Waals surface area contributed by atoms with E-state index >= 15 is 0 Å². The molecule has 3 rings (SSSR count). The Bertz CT molecular complexity index is 1410. The predicted octanol–water partition coefficient (Wildman–Crippen LogP) is 1.58. The summed E-state index contributed by atoms with van der Waals surface area (Å²) in [5.74, 6) is -4.26. The quantitative estimate of drug-likeness (QED) is 0.219. The second kappa shape index (κ2) is 13.8. The monoisotopic (exact) mass is 594 g/mol. The molecular formula is C27H30O15. The van der Waals surface area contributed by atoms with E-state index < -0.39 is 78.5 Å². The number of fused-ring (bicyclic) bond motifs is 1. The number of carbonyl (C=O) groups excluding carboxylic acids is 5. The van der Waals surface area contributed by atoms with E-state index in [0.717, 1.165) is 34.6 Å². The number of hydrogen-bond donors (Lipinski definition) is 0. The summed E-state index contributed by atoms with van der Waals surface area (Å²) in [6.45, 7) is 6.90. The van der Waals surface area contributed by atoms with Crippen LogP contribution in [0.3, 0.4) is 0 Å². The Balaban J connectivity index is 2.07. The molecule has 0 unspecified atom stereocenters. The maximum Gasteiger partial charge on any atom is 0.383 e. The summed E-state index contributed by atoms with van der Waals surface area (Å²) in [5, 5.41) is 0.265. The molecular weight excluding hydrogens is 564 g/mol. The highest BCUT2D eigenvalue weighted by molar-refractivity contribution is 5.87. The number of carbonyl (C=O) groups is 5. The summed E-state index contributed by atoms with van der Waals surface area (Å²) < 4.78 is 48.9. The van der Waals surface area contributed by atoms with E-state index in [-0.39, 0.29) is 29.1 Å². The van der Waals surface area contributed by atoms with E-state index in [0.29, 0.717) is 0 Å². The van der Waals surface area contributed by atoms with Crippen LogP contribution >= 0.6 is 0 Å². The van der Waals surface area contributed by atoms with E-state index in [1.165, 1.54) is 18.2 Å². The van der Waals surface area contributed by atoms with Crippen molar-refractivity contribution in [1.29, 1.82) is 0 Å². The summed E-state index contributed by atoms with van der Waals surface area (Å²) in [4.78, 5) is 71.6. The smallest absolute Gasteiger partial charge is 0.383 e. The third kappa shape index (κ3) is 7.96. The SMILES string of the molecule is CCOc1c(OC(C)=O)c(=O)oc2cc(O[C@H]3O[C@H](COC(C)=O)[C@@H](OC(C)=O)[C@H](OC(C)=O)[C@@H]3OC(C)=O)ccc12. The van der Waals surface area contributed by atoms with Gasteiger partial charge in [0.05, 0.1) is 12.0 Å². The van der Waals surface area contributed by atoms with Crippen LogP contribution in [-0.4, -0.2) is 73.8 Å². The van der Waals surface area contributed by atoms with Gasteiger partial charge in [-0.3, -0.25) is 24.0 Å². The third-order valence-electron chi connectivity index (χ3n) is 5.53. The van der Waals surface area contributed by atoms with Crippen molar-refractivity contribution < 1.29 is 66.3 Å². The van der Waals surface area contributed by atoms with Crippen LogP contribution in [0.1, 0.15) is 41.5 Å². The van der Waals surface area contributed by atoms with Crippen molar-refractivity contribution in [3.05, 3.63) is 28.6 Å². The lowest BCUT2D eigenvalue weighted by Gasteiger charge is -2.43. The van der Waals surface area contributed by atoms with Crippen LogP contribution in [0.15, 0.2) is 27.4 Å². The normalized spacial score (nSPS) is 21.5. The van der Waals surface area contributed by atoms with Crippen molar-refractivity contribution in [3.8, 4) is 17.2 Å². The number of benzene rings is 1. The fourth-order valence-corrected chi connectivity index (χ4v) is 4.15. The maximum absolute atomic E-state index is 12.6. The third-order valence-corrected chi connectivity index (χ3v) is 5.53. The highest BCUT2D eigenvalue weighted by Crippen LogP contribution is 2.36. The van der Waals surface area contributed by atoms with Crippen molar-refractivity contribution in [2.45, 2.75) is 72.2 Å². The molecule has 2 aromatic rings. The van der Waals surface area contributed by atoms with Gasteiger partial charge in [-0.05, 0) is 19.1 Å². The lowest BCUT2D eigenvalue weighted by atomic mass is 9.98. The first kappa shape index (κ1) is 31.9. The van der Waals surface area contributed by atoms with Gasteiger partial charge in [-0.2, -0.15) is 0 Å². The van der Waals surface area contributed by atoms with Gasteiger partial charge in [0.25, 0.3) is 5.75 Å². The van der Waals surface area contributed by atoms with Gasteiger partial charge in [0.15, 0.2) is 18.0 Å². The minimum Gasteiger partial charge on any atom is -0.489 e. The summed E-state index contributed by atoms with van der Waals surface area (Å²) in [6.07, 6.45) is -7.02. The fraction of sp³-hybridized carbons (Fsp3) is 0.481. The molecule has 5 atom stereocenters. The van der Waals surface area contributed by atoms with Crippen LogP contribution < -0.4 is 19.8 Å². The molecule has 0 N–H and O–H groups in total. The molecule has 2 heterocycles. The standard InChI is InChI=1S/C27H30O15/c1-7-34-21-18-9-8-17(10-19(18)41-26(33)24(21)38-15(5)31)40-27-25(39-16(6)32)23(37-14(4)30)22(36-13(3)29)20(42-27)11-35-12(2)28/h8-10,20,22-23,25,27H,7,11H2,1-6H3/t20-,22-,23+,25+,27+/m1/s1. The highest BCUT2D eigenvalue weighted by Gasteiger charge is 2.53. The first-order valence-electron chi connectivity index (χ1n) is 12.7. The van der Waals surface area contributed by atoms with Crippen LogP contribution in [0, 0.1) is 0 Å². The number of esters is 5. The Morgan fingerprint density at radius 1 is 0.786 bits per heavy atom. The highest BCUT2D eigenvalue weighted by atomic mass is 16.7. The van der Waals surface area contributed by atoms with Gasteiger partial charge in [0.2, 0.25) is 12.4 Å². The molecule has 15 heteroatoms. The average Bonchev–Trinajstić information content (AvgIpc) is 2.87. The minimum atomic E-state index is -1.51. The van der Waals surface area contributed by atoms with Gasteiger partial charge >= 0.3 is 35.5 Å². The Morgan fingerprint density at radius 3 is 1.98 bits per heavy atom. The predicted molar refractivity (Wildman–Crippen MR) is 138 cm³/mol. The summed E-state index contributed by atoms with van der Waals surface area (Å²) in [5.41, 5.74) is -1.02. The van der Waals surface area contributed by atoms with E-state index in [4.69, 9.17) is 42.3 Å². The molecule has 42 heavy (non-hydrogen) atoms. The Labute approximate surface area is 238 Å². The molecule has 0 bridgehead atoms. The zero-order valence-electron chi connectivity index (χ0n) is 23.7. The van der Waals surface area contributed by atoms with Crippen molar-refractivity contribution >= 4 is 40.8 Å². The summed E-state index contributed by atoms with van der Waals surface area (Å²) in [6, 6.07) is 4.18. The van der Waals surface area contributed by atoms with E-state index in [1.807, 2.05) is 0 Å². The first-order chi connectivity index (χ1) is 19.8. The largest absolute Gasteiger partial charge is 0.489 e. The molecule has 0 aliphatic carbocycles. The lowest BCUT2D eigenvalue weighted by molar-refractivity contribution is -0.288. The lowest BCUT2D eigenvalue weighted by Crippen LogP contribution is -2.63. The molecule has 0 saturated carbocycles. The van der Waals surface area contributed by atoms with Crippen LogP contribution in [0.5, 0.6) is 17.2 Å². The van der Waals surface area contributed by atoms with Crippen molar-refractivity contribution in [2.75, 3.05) is 13.2 Å². The molecule has 1 aromatic carbocycles. The second-order valence-corrected chi connectivity index (χ2v) is 8.92. The number of ether oxygens (including phenoxy) is 8. The molecule has 1 aliphatic heterocycles. The Hall–Kier alpha value is -4.66. The minimum absolute atomic E-state index is 0.0224. The van der Waals surface area contributed by atoms with Crippen LogP contribution in [-0.2, 0) is 47.7 Å².